The first-order valence-electron chi connectivity index (χ1n) is 14.6. The van der Waals surface area contributed by atoms with Crippen molar-refractivity contribution >= 4 is 40.3 Å². The minimum absolute atomic E-state index is 0.0254. The molecule has 1 aliphatic heterocycles. The summed E-state index contributed by atoms with van der Waals surface area (Å²) in [6.45, 7) is 5.74. The largest absolute Gasteiger partial charge is 0.508 e. The second-order valence-corrected chi connectivity index (χ2v) is 13.2. The van der Waals surface area contributed by atoms with Gasteiger partial charge in [-0.05, 0) is 61.2 Å². The Bertz CT molecular complexity index is 1670. The lowest BCUT2D eigenvalue weighted by molar-refractivity contribution is -0.147. The number of benzene rings is 4. The van der Waals surface area contributed by atoms with E-state index in [2.05, 4.69) is 10.6 Å². The number of carbonyl (C=O) groups excluding carboxylic acids is 3. The number of phenolic OH excluding ortho intramolecular Hbond substituents is 1. The lowest BCUT2D eigenvalue weighted by atomic mass is 9.96. The average Bonchev–Trinajstić information content (AvgIpc) is 3.35. The maximum atomic E-state index is 14.0. The van der Waals surface area contributed by atoms with Crippen molar-refractivity contribution in [3.63, 3.8) is 0 Å². The number of carbonyl (C=O) groups is 3. The van der Waals surface area contributed by atoms with Gasteiger partial charge in [-0.25, -0.2) is 0 Å². The van der Waals surface area contributed by atoms with E-state index in [0.717, 1.165) is 21.9 Å². The molecule has 9 heteroatoms. The van der Waals surface area contributed by atoms with Crippen LogP contribution in [0.3, 0.4) is 0 Å². The molecule has 4 aromatic carbocycles. The van der Waals surface area contributed by atoms with Crippen molar-refractivity contribution in [1.82, 2.24) is 15.5 Å². The van der Waals surface area contributed by atoms with Crippen molar-refractivity contribution in [3.8, 4) is 5.75 Å². The zero-order chi connectivity index (χ0) is 31.4. The van der Waals surface area contributed by atoms with Crippen molar-refractivity contribution < 1.29 is 24.6 Å². The molecule has 3 amide bonds. The summed E-state index contributed by atoms with van der Waals surface area (Å²) in [6.07, 6.45) is -1.45. The molecular formula is C35H37N3O5S. The maximum absolute atomic E-state index is 14.0. The molecule has 8 nitrogen and oxygen atoms in total. The molecule has 1 aliphatic rings. The van der Waals surface area contributed by atoms with Gasteiger partial charge in [0.25, 0.3) is 11.8 Å². The Morgan fingerprint density at radius 3 is 2.41 bits per heavy atom. The molecule has 0 bridgehead atoms. The van der Waals surface area contributed by atoms with Gasteiger partial charge in [-0.15, -0.1) is 11.8 Å². The molecule has 0 radical (unpaired) electrons. The van der Waals surface area contributed by atoms with Crippen LogP contribution in [0.15, 0.2) is 91.0 Å². The fourth-order valence-corrected chi connectivity index (χ4v) is 6.85. The number of hydrogen-bond acceptors (Lipinski definition) is 6. The van der Waals surface area contributed by atoms with Crippen LogP contribution in [0.4, 0.5) is 0 Å². The molecule has 0 aliphatic carbocycles. The van der Waals surface area contributed by atoms with E-state index < -0.39 is 34.7 Å². The molecule has 1 saturated heterocycles. The number of thioether (sulfide) groups is 1. The molecule has 4 N–H and O–H groups in total. The number of amides is 3. The van der Waals surface area contributed by atoms with E-state index in [-0.39, 0.29) is 36.1 Å². The molecule has 0 saturated carbocycles. The predicted octanol–water partition coefficient (Wildman–Crippen LogP) is 4.55. The summed E-state index contributed by atoms with van der Waals surface area (Å²) in [5.41, 5.74) is 2.42. The van der Waals surface area contributed by atoms with Gasteiger partial charge in [-0.3, -0.25) is 14.4 Å². The van der Waals surface area contributed by atoms with Crippen LogP contribution >= 0.6 is 11.8 Å². The number of fused-ring (bicyclic) bond motifs is 1. The number of rotatable bonds is 9. The first-order valence-corrected chi connectivity index (χ1v) is 15.6. The predicted molar refractivity (Wildman–Crippen MR) is 173 cm³/mol. The Morgan fingerprint density at radius 2 is 1.64 bits per heavy atom. The second kappa shape index (κ2) is 13.1. The number of aliphatic hydroxyl groups is 1. The fourth-order valence-electron chi connectivity index (χ4n) is 5.71. The molecule has 1 heterocycles. The van der Waals surface area contributed by atoms with Gasteiger partial charge in [0.2, 0.25) is 5.91 Å². The van der Waals surface area contributed by atoms with E-state index in [1.807, 2.05) is 86.6 Å². The van der Waals surface area contributed by atoms with Crippen LogP contribution in [0.5, 0.6) is 5.75 Å². The summed E-state index contributed by atoms with van der Waals surface area (Å²) in [5, 5.41) is 29.6. The topological polar surface area (TPSA) is 119 Å². The summed E-state index contributed by atoms with van der Waals surface area (Å²) >= 11 is 1.46. The lowest BCUT2D eigenvalue weighted by Gasteiger charge is -2.33. The van der Waals surface area contributed by atoms with Gasteiger partial charge in [-0.2, -0.15) is 0 Å². The van der Waals surface area contributed by atoms with Crippen molar-refractivity contribution in [3.05, 3.63) is 113 Å². The van der Waals surface area contributed by atoms with Crippen LogP contribution in [0.1, 0.15) is 40.9 Å². The van der Waals surface area contributed by atoms with E-state index >= 15 is 0 Å². The first kappa shape index (κ1) is 31.1. The Labute approximate surface area is 261 Å². The van der Waals surface area contributed by atoms with Gasteiger partial charge in [0.15, 0.2) is 6.10 Å². The van der Waals surface area contributed by atoms with Gasteiger partial charge >= 0.3 is 0 Å². The number of aromatic hydroxyl groups is 1. The van der Waals surface area contributed by atoms with E-state index in [4.69, 9.17) is 0 Å². The highest BCUT2D eigenvalue weighted by atomic mass is 32.2. The van der Waals surface area contributed by atoms with E-state index in [0.29, 0.717) is 5.56 Å². The van der Waals surface area contributed by atoms with Crippen molar-refractivity contribution in [1.29, 1.82) is 0 Å². The van der Waals surface area contributed by atoms with E-state index in [9.17, 15) is 24.6 Å². The molecule has 228 valence electrons. The number of aliphatic hydroxyl groups excluding tert-OH is 1. The number of nitrogens with one attached hydrogen (secondary N) is 2. The molecule has 5 rings (SSSR count). The van der Waals surface area contributed by atoms with Crippen LogP contribution in [0, 0.1) is 6.92 Å². The van der Waals surface area contributed by atoms with Gasteiger partial charge in [0.05, 0.1) is 11.9 Å². The number of phenols is 1. The minimum Gasteiger partial charge on any atom is -0.508 e. The van der Waals surface area contributed by atoms with Crippen LogP contribution < -0.4 is 10.6 Å². The Balaban J connectivity index is 1.36. The van der Waals surface area contributed by atoms with Crippen molar-refractivity contribution in [2.24, 2.45) is 0 Å². The van der Waals surface area contributed by atoms with Gasteiger partial charge in [0.1, 0.15) is 11.8 Å². The third-order valence-corrected chi connectivity index (χ3v) is 9.58. The van der Waals surface area contributed by atoms with Crippen molar-refractivity contribution in [2.75, 3.05) is 5.88 Å². The van der Waals surface area contributed by atoms with Crippen LogP contribution in [-0.4, -0.2) is 61.6 Å². The summed E-state index contributed by atoms with van der Waals surface area (Å²) in [6, 6.07) is 26.0. The van der Waals surface area contributed by atoms with Gasteiger partial charge in [0, 0.05) is 22.4 Å². The summed E-state index contributed by atoms with van der Waals surface area (Å²) in [4.78, 5) is 42.4. The Hall–Kier alpha value is -4.34. The number of nitrogens with zero attached hydrogens (tertiary/aromatic N) is 1. The summed E-state index contributed by atoms with van der Waals surface area (Å²) in [5.74, 6) is -1.28. The highest BCUT2D eigenvalue weighted by molar-refractivity contribution is 8.00. The zero-order valence-corrected chi connectivity index (χ0v) is 25.8. The monoisotopic (exact) mass is 611 g/mol. The smallest absolute Gasteiger partial charge is 0.254 e. The number of hydrogen-bond donors (Lipinski definition) is 4. The Morgan fingerprint density at radius 1 is 0.955 bits per heavy atom. The van der Waals surface area contributed by atoms with Crippen LogP contribution in [0.2, 0.25) is 0 Å². The standard InChI is InChI=1S/C35H37N3O5S/c1-22-26(17-10-18-29(22)39)32(41)37-28(19-23-11-5-4-6-12-23)30(40)34(43)38-21-44-35(2,3)31(38)33(42)36-20-25-15-9-14-24-13-7-8-16-27(24)25/h4-18,28,30-31,39-40H,19-21H2,1-3H3,(H,36,42)(H,37,41)/t28-,30-,31+/m0/s1. The molecule has 44 heavy (non-hydrogen) atoms. The third-order valence-electron chi connectivity index (χ3n) is 8.21. The highest BCUT2D eigenvalue weighted by Crippen LogP contribution is 2.40. The quantitative estimate of drug-likeness (QED) is 0.221. The minimum atomic E-state index is -1.63. The fraction of sp³-hybridized carbons (Fsp3) is 0.286. The van der Waals surface area contributed by atoms with Gasteiger partial charge in [-0.1, -0.05) is 78.9 Å². The Kier molecular flexibility index (Phi) is 9.27. The molecular weight excluding hydrogens is 574 g/mol. The van der Waals surface area contributed by atoms with Crippen LogP contribution in [-0.2, 0) is 22.6 Å². The molecule has 4 aromatic rings. The average molecular weight is 612 g/mol. The maximum Gasteiger partial charge on any atom is 0.254 e. The van der Waals surface area contributed by atoms with Crippen LogP contribution in [0.25, 0.3) is 10.8 Å². The molecule has 1 fully saturated rings. The van der Waals surface area contributed by atoms with E-state index in [1.165, 1.54) is 22.7 Å². The lowest BCUT2D eigenvalue weighted by Crippen LogP contribution is -2.58. The zero-order valence-electron chi connectivity index (χ0n) is 25.0. The molecule has 0 spiro atoms. The van der Waals surface area contributed by atoms with Gasteiger partial charge < -0.3 is 25.7 Å². The molecule has 0 aromatic heterocycles. The third kappa shape index (κ3) is 6.59. The SMILES string of the molecule is Cc1c(O)cccc1C(=O)N[C@@H](Cc1ccccc1)[C@H](O)C(=O)N1CSC(C)(C)[C@H]1C(=O)NCc1cccc2ccccc12. The molecule has 0 unspecified atom stereocenters. The summed E-state index contributed by atoms with van der Waals surface area (Å²) < 4.78 is -0.616. The van der Waals surface area contributed by atoms with Crippen molar-refractivity contribution in [2.45, 2.75) is 56.7 Å². The summed E-state index contributed by atoms with van der Waals surface area (Å²) in [7, 11) is 0. The van der Waals surface area contributed by atoms with E-state index in [1.54, 1.807) is 19.1 Å². The normalized spacial score (nSPS) is 17.2. The first-order chi connectivity index (χ1) is 21.1. The molecule has 3 atom stereocenters. The highest BCUT2D eigenvalue weighted by Gasteiger charge is 2.49. The second-order valence-electron chi connectivity index (χ2n) is 11.6.